The molecule has 2 aliphatic heterocycles. The smallest absolute Gasteiger partial charge is 0.225 e. The number of carbonyl (C=O) groups is 1. The van der Waals surface area contributed by atoms with Gasteiger partial charge in [0.25, 0.3) is 0 Å². The molecular weight excluding hydrogens is 390 g/mol. The third-order valence-electron chi connectivity index (χ3n) is 6.49. The summed E-state index contributed by atoms with van der Waals surface area (Å²) in [5.41, 5.74) is 4.91. The van der Waals surface area contributed by atoms with Crippen molar-refractivity contribution in [2.45, 2.75) is 25.8 Å². The fourth-order valence-electron chi connectivity index (χ4n) is 4.75. The van der Waals surface area contributed by atoms with E-state index < -0.39 is 0 Å². The number of nitrogens with zero attached hydrogens (tertiary/aromatic N) is 2. The summed E-state index contributed by atoms with van der Waals surface area (Å²) in [7, 11) is 3.39. The fourth-order valence-corrected chi connectivity index (χ4v) is 4.75. The van der Waals surface area contributed by atoms with Crippen LogP contribution in [-0.2, 0) is 16.0 Å². The maximum atomic E-state index is 13.2. The topological polar surface area (TPSA) is 54.0 Å². The Morgan fingerprint density at radius 2 is 1.94 bits per heavy atom. The van der Waals surface area contributed by atoms with Gasteiger partial charge < -0.3 is 24.6 Å². The van der Waals surface area contributed by atoms with E-state index in [0.717, 1.165) is 38.2 Å². The summed E-state index contributed by atoms with van der Waals surface area (Å²) >= 11 is 0. The lowest BCUT2D eigenvalue weighted by molar-refractivity contribution is -0.125. The Hall–Kier alpha value is -2.73. The number of aryl methyl sites for hydroxylation is 1. The van der Waals surface area contributed by atoms with Crippen LogP contribution < -0.4 is 19.9 Å². The zero-order valence-corrected chi connectivity index (χ0v) is 18.8. The predicted molar refractivity (Wildman–Crippen MR) is 124 cm³/mol. The van der Waals surface area contributed by atoms with Crippen LogP contribution in [0, 0.1) is 12.8 Å². The number of amides is 1. The fraction of sp³-hybridized carbons (Fsp3) is 0.480. The first kappa shape index (κ1) is 21.5. The number of nitrogens with one attached hydrogen (secondary N) is 1. The van der Waals surface area contributed by atoms with E-state index >= 15 is 0 Å². The lowest BCUT2D eigenvalue weighted by Gasteiger charge is -2.49. The summed E-state index contributed by atoms with van der Waals surface area (Å²) in [6.07, 6.45) is 1.57. The van der Waals surface area contributed by atoms with Gasteiger partial charge in [-0.3, -0.25) is 4.79 Å². The van der Waals surface area contributed by atoms with E-state index in [-0.39, 0.29) is 17.9 Å². The molecule has 4 rings (SSSR count). The molecule has 1 saturated heterocycles. The monoisotopic (exact) mass is 423 g/mol. The molecule has 2 heterocycles. The average molecular weight is 424 g/mol. The van der Waals surface area contributed by atoms with Gasteiger partial charge in [-0.05, 0) is 43.5 Å². The van der Waals surface area contributed by atoms with Crippen molar-refractivity contribution in [1.82, 2.24) is 5.32 Å². The highest BCUT2D eigenvalue weighted by Crippen LogP contribution is 2.39. The zero-order chi connectivity index (χ0) is 21.8. The molecule has 6 nitrogen and oxygen atoms in total. The van der Waals surface area contributed by atoms with Crippen molar-refractivity contribution < 1.29 is 14.3 Å². The van der Waals surface area contributed by atoms with E-state index in [0.29, 0.717) is 13.2 Å². The van der Waals surface area contributed by atoms with Crippen LogP contribution in [0.4, 0.5) is 11.4 Å². The highest BCUT2D eigenvalue weighted by Gasteiger charge is 2.41. The minimum Gasteiger partial charge on any atom is -0.497 e. The highest BCUT2D eigenvalue weighted by atomic mass is 16.5. The number of anilines is 2. The summed E-state index contributed by atoms with van der Waals surface area (Å²) in [6, 6.07) is 15.0. The standard InChI is InChI=1S/C25H33N3O3/c1-18-5-8-20(9-6-18)27-12-13-28-23-16-21(31-3)10-7-19(23)15-22(24(28)17-27)25(29)26-11-4-14-30-2/h5-10,16,22,24H,4,11-15,17H2,1-3H3,(H,26,29). The molecule has 2 aromatic carbocycles. The molecule has 1 fully saturated rings. The van der Waals surface area contributed by atoms with Gasteiger partial charge in [-0.15, -0.1) is 0 Å². The molecule has 1 N–H and O–H groups in total. The molecule has 2 atom stereocenters. The lowest BCUT2D eigenvalue weighted by atomic mass is 9.83. The normalized spacial score (nSPS) is 20.1. The number of rotatable bonds is 7. The van der Waals surface area contributed by atoms with Crippen LogP contribution in [0.1, 0.15) is 17.5 Å². The molecule has 6 heteroatoms. The van der Waals surface area contributed by atoms with Gasteiger partial charge in [0, 0.05) is 57.3 Å². The summed E-state index contributed by atoms with van der Waals surface area (Å²) in [6.45, 7) is 6.05. The first-order chi connectivity index (χ1) is 15.1. The number of piperazine rings is 1. The van der Waals surface area contributed by atoms with Crippen LogP contribution >= 0.6 is 0 Å². The lowest BCUT2D eigenvalue weighted by Crippen LogP contribution is -2.61. The van der Waals surface area contributed by atoms with Crippen molar-refractivity contribution in [3.05, 3.63) is 53.6 Å². The van der Waals surface area contributed by atoms with Crippen LogP contribution in [0.5, 0.6) is 5.75 Å². The number of ether oxygens (including phenoxy) is 2. The quantitative estimate of drug-likeness (QED) is 0.694. The first-order valence-electron chi connectivity index (χ1n) is 11.1. The van der Waals surface area contributed by atoms with E-state index in [2.05, 4.69) is 58.4 Å². The van der Waals surface area contributed by atoms with Gasteiger partial charge in [0.1, 0.15) is 5.75 Å². The minimum atomic E-state index is -0.0864. The zero-order valence-electron chi connectivity index (χ0n) is 18.8. The summed E-state index contributed by atoms with van der Waals surface area (Å²) in [5.74, 6) is 0.913. The molecule has 1 amide bonds. The second kappa shape index (κ2) is 9.60. The van der Waals surface area contributed by atoms with E-state index in [1.54, 1.807) is 14.2 Å². The number of benzene rings is 2. The predicted octanol–water partition coefficient (Wildman–Crippen LogP) is 3.02. The molecule has 0 saturated carbocycles. The average Bonchev–Trinajstić information content (AvgIpc) is 2.81. The Morgan fingerprint density at radius 3 is 2.68 bits per heavy atom. The SMILES string of the molecule is COCCCNC(=O)C1Cc2ccc(OC)cc2N2CCN(c3ccc(C)cc3)CC12. The van der Waals surface area contributed by atoms with Gasteiger partial charge in [-0.1, -0.05) is 23.8 Å². The number of carbonyl (C=O) groups excluding carboxylic acids is 1. The molecule has 2 aromatic rings. The molecular formula is C25H33N3O3. The molecule has 2 aliphatic rings. The van der Waals surface area contributed by atoms with Gasteiger partial charge in [-0.25, -0.2) is 0 Å². The third-order valence-corrected chi connectivity index (χ3v) is 6.49. The van der Waals surface area contributed by atoms with E-state index in [9.17, 15) is 4.79 Å². The molecule has 166 valence electrons. The highest BCUT2D eigenvalue weighted by molar-refractivity contribution is 5.82. The number of methoxy groups -OCH3 is 2. The van der Waals surface area contributed by atoms with Crippen LogP contribution in [0.2, 0.25) is 0 Å². The Kier molecular flexibility index (Phi) is 6.66. The Balaban J connectivity index is 1.59. The van der Waals surface area contributed by atoms with Gasteiger partial charge >= 0.3 is 0 Å². The number of fused-ring (bicyclic) bond motifs is 3. The molecule has 0 bridgehead atoms. The Morgan fingerprint density at radius 1 is 1.13 bits per heavy atom. The second-order valence-electron chi connectivity index (χ2n) is 8.48. The van der Waals surface area contributed by atoms with Gasteiger partial charge in [-0.2, -0.15) is 0 Å². The van der Waals surface area contributed by atoms with Gasteiger partial charge in [0.05, 0.1) is 19.1 Å². The van der Waals surface area contributed by atoms with Crippen LogP contribution in [0.15, 0.2) is 42.5 Å². The van der Waals surface area contributed by atoms with Crippen LogP contribution in [0.25, 0.3) is 0 Å². The molecule has 0 radical (unpaired) electrons. The largest absolute Gasteiger partial charge is 0.497 e. The van der Waals surface area contributed by atoms with Gasteiger partial charge in [0.15, 0.2) is 0 Å². The Labute approximate surface area is 185 Å². The van der Waals surface area contributed by atoms with Crippen LogP contribution in [0.3, 0.4) is 0 Å². The van der Waals surface area contributed by atoms with E-state index in [1.165, 1.54) is 22.5 Å². The van der Waals surface area contributed by atoms with Crippen molar-refractivity contribution in [3.63, 3.8) is 0 Å². The van der Waals surface area contributed by atoms with Crippen molar-refractivity contribution >= 4 is 17.3 Å². The summed E-state index contributed by atoms with van der Waals surface area (Å²) < 4.78 is 10.6. The maximum Gasteiger partial charge on any atom is 0.225 e. The van der Waals surface area contributed by atoms with Crippen molar-refractivity contribution in [3.8, 4) is 5.75 Å². The van der Waals surface area contributed by atoms with Crippen LogP contribution in [-0.4, -0.2) is 59.0 Å². The third kappa shape index (κ3) is 4.64. The van der Waals surface area contributed by atoms with Crippen molar-refractivity contribution in [2.75, 3.05) is 56.8 Å². The maximum absolute atomic E-state index is 13.2. The number of hydrogen-bond acceptors (Lipinski definition) is 5. The summed E-state index contributed by atoms with van der Waals surface area (Å²) in [4.78, 5) is 18.1. The number of hydrogen-bond donors (Lipinski definition) is 1. The molecule has 2 unspecified atom stereocenters. The van der Waals surface area contributed by atoms with Crippen molar-refractivity contribution in [1.29, 1.82) is 0 Å². The van der Waals surface area contributed by atoms with Crippen molar-refractivity contribution in [2.24, 2.45) is 5.92 Å². The second-order valence-corrected chi connectivity index (χ2v) is 8.48. The first-order valence-corrected chi connectivity index (χ1v) is 11.1. The molecule has 0 spiro atoms. The van der Waals surface area contributed by atoms with Gasteiger partial charge in [0.2, 0.25) is 5.91 Å². The van der Waals surface area contributed by atoms with E-state index in [1.807, 2.05) is 6.07 Å². The molecule has 0 aliphatic carbocycles. The summed E-state index contributed by atoms with van der Waals surface area (Å²) in [5, 5.41) is 3.15. The Bertz CT molecular complexity index is 899. The minimum absolute atomic E-state index is 0.0864. The molecule has 31 heavy (non-hydrogen) atoms. The van der Waals surface area contributed by atoms with E-state index in [4.69, 9.17) is 9.47 Å². The molecule has 0 aromatic heterocycles.